The number of likely N-dealkylation sites (tertiary alicyclic amines) is 1. The molecule has 35 heavy (non-hydrogen) atoms. The number of esters is 1. The van der Waals surface area contributed by atoms with Gasteiger partial charge in [0, 0.05) is 0 Å². The summed E-state index contributed by atoms with van der Waals surface area (Å²) in [5.74, 6) is -1.23. The van der Waals surface area contributed by atoms with E-state index in [1.54, 1.807) is 51.1 Å². The zero-order valence-electron chi connectivity index (χ0n) is 19.9. The van der Waals surface area contributed by atoms with Gasteiger partial charge in [-0.3, -0.25) is 4.79 Å². The molecular formula is C24H28N2O8S. The third-order valence-corrected chi connectivity index (χ3v) is 7.01. The number of nitrogens with one attached hydrogen (secondary N) is 1. The van der Waals surface area contributed by atoms with Crippen LogP contribution in [-0.4, -0.2) is 62.0 Å². The first-order valence-electron chi connectivity index (χ1n) is 10.8. The number of nitrogens with zero attached hydrogens (tertiary/aromatic N) is 1. The maximum atomic E-state index is 13.3. The number of hydrogen-bond acceptors (Lipinski definition) is 8. The lowest BCUT2D eigenvalue weighted by atomic mass is 10.1. The van der Waals surface area contributed by atoms with Gasteiger partial charge in [0.05, 0.1) is 18.6 Å². The summed E-state index contributed by atoms with van der Waals surface area (Å²) in [5.41, 5.74) is -0.171. The smallest absolute Gasteiger partial charge is 0.408 e. The highest BCUT2D eigenvalue weighted by atomic mass is 32.2. The minimum absolute atomic E-state index is 0.136. The van der Waals surface area contributed by atoms with Gasteiger partial charge in [0.15, 0.2) is 0 Å². The molecule has 1 saturated heterocycles. The fraction of sp³-hybridized carbons (Fsp3) is 0.375. The average Bonchev–Trinajstić information content (AvgIpc) is 2.81. The third kappa shape index (κ3) is 6.30. The Hall–Kier alpha value is -3.60. The Morgan fingerprint density at radius 1 is 1.09 bits per heavy atom. The summed E-state index contributed by atoms with van der Waals surface area (Å²) in [6.45, 7) is 4.60. The number of sulfone groups is 1. The van der Waals surface area contributed by atoms with E-state index in [1.807, 2.05) is 0 Å². The number of hydrogen-bond donors (Lipinski definition) is 1. The molecule has 2 amide bonds. The number of alkyl carbamates (subject to hydrolysis) is 1. The lowest BCUT2D eigenvalue weighted by molar-refractivity contribution is -0.158. The van der Waals surface area contributed by atoms with E-state index in [-0.39, 0.29) is 18.0 Å². The molecule has 1 unspecified atom stereocenters. The van der Waals surface area contributed by atoms with Crippen molar-refractivity contribution in [1.29, 1.82) is 0 Å². The van der Waals surface area contributed by atoms with Gasteiger partial charge in [-0.05, 0) is 50.6 Å². The molecule has 10 nitrogen and oxygen atoms in total. The predicted octanol–water partition coefficient (Wildman–Crippen LogP) is 2.27. The molecule has 0 bridgehead atoms. The van der Waals surface area contributed by atoms with E-state index >= 15 is 0 Å². The first kappa shape index (κ1) is 26.0. The molecule has 0 aliphatic carbocycles. The Balaban J connectivity index is 1.78. The van der Waals surface area contributed by atoms with E-state index in [0.717, 1.165) is 4.90 Å². The van der Waals surface area contributed by atoms with Crippen molar-refractivity contribution in [1.82, 2.24) is 10.2 Å². The van der Waals surface area contributed by atoms with Crippen LogP contribution in [-0.2, 0) is 35.5 Å². The van der Waals surface area contributed by atoms with Crippen molar-refractivity contribution in [3.63, 3.8) is 0 Å². The Morgan fingerprint density at radius 3 is 2.26 bits per heavy atom. The summed E-state index contributed by atoms with van der Waals surface area (Å²) in [7, 11) is -2.81. The molecule has 188 valence electrons. The summed E-state index contributed by atoms with van der Waals surface area (Å²) >= 11 is 0. The van der Waals surface area contributed by atoms with E-state index in [1.165, 1.54) is 31.4 Å². The number of benzene rings is 2. The second-order valence-corrected chi connectivity index (χ2v) is 10.9. The molecular weight excluding hydrogens is 476 g/mol. The largest absolute Gasteiger partial charge is 0.497 e. The number of carbonyl (C=O) groups is 3. The fourth-order valence-electron chi connectivity index (χ4n) is 3.33. The fourth-order valence-corrected chi connectivity index (χ4v) is 4.97. The van der Waals surface area contributed by atoms with E-state index < -0.39 is 44.8 Å². The monoisotopic (exact) mass is 504 g/mol. The van der Waals surface area contributed by atoms with E-state index in [2.05, 4.69) is 5.32 Å². The van der Waals surface area contributed by atoms with Crippen LogP contribution in [0, 0.1) is 0 Å². The van der Waals surface area contributed by atoms with E-state index in [9.17, 15) is 22.8 Å². The average molecular weight is 505 g/mol. The van der Waals surface area contributed by atoms with Crippen LogP contribution in [0.15, 0.2) is 59.5 Å². The Bertz CT molecular complexity index is 1170. The van der Waals surface area contributed by atoms with Gasteiger partial charge in [-0.15, -0.1) is 0 Å². The predicted molar refractivity (Wildman–Crippen MR) is 125 cm³/mol. The number of carbonyl (C=O) groups excluding carboxylic acids is 3. The molecule has 11 heteroatoms. The Kier molecular flexibility index (Phi) is 7.69. The van der Waals surface area contributed by atoms with Crippen LogP contribution >= 0.6 is 0 Å². The molecule has 0 radical (unpaired) electrons. The topological polar surface area (TPSA) is 128 Å². The van der Waals surface area contributed by atoms with Crippen LogP contribution in [0.1, 0.15) is 26.3 Å². The van der Waals surface area contributed by atoms with Crippen LogP contribution in [0.4, 0.5) is 4.79 Å². The molecule has 3 rings (SSSR count). The van der Waals surface area contributed by atoms with Gasteiger partial charge in [-0.1, -0.05) is 30.3 Å². The molecule has 2 aromatic carbocycles. The number of rotatable bonds is 8. The molecule has 0 saturated carbocycles. The van der Waals surface area contributed by atoms with Crippen molar-refractivity contribution in [2.45, 2.75) is 49.3 Å². The maximum Gasteiger partial charge on any atom is 0.408 e. The quantitative estimate of drug-likeness (QED) is 0.428. The van der Waals surface area contributed by atoms with Gasteiger partial charge in [0.1, 0.15) is 24.0 Å². The van der Waals surface area contributed by atoms with Gasteiger partial charge in [0.25, 0.3) is 0 Å². The minimum Gasteiger partial charge on any atom is -0.497 e. The molecule has 1 heterocycles. The molecule has 0 aromatic heterocycles. The first-order valence-corrected chi connectivity index (χ1v) is 12.4. The minimum atomic E-state index is -4.32. The van der Waals surface area contributed by atoms with E-state index in [4.69, 9.17) is 14.2 Å². The van der Waals surface area contributed by atoms with Gasteiger partial charge < -0.3 is 24.4 Å². The van der Waals surface area contributed by atoms with Crippen molar-refractivity contribution in [2.24, 2.45) is 0 Å². The summed E-state index contributed by atoms with van der Waals surface area (Å²) in [5, 5.41) is 0.485. The van der Waals surface area contributed by atoms with Crippen molar-refractivity contribution in [3.05, 3.63) is 60.2 Å². The standard InChI is InChI=1S/C24H28N2O8S/c1-24(2,3)34-23(29)25-19-14-26(20(19)27)21(35(30,31)18-8-6-5-7-9-18)22(28)33-15-16-10-12-17(32-4)13-11-16/h5-13,19,21H,14-15H2,1-4H3,(H,25,29)/t19-,21?/m0/s1. The normalized spacial score (nSPS) is 16.6. The third-order valence-electron chi connectivity index (χ3n) is 5.04. The lowest BCUT2D eigenvalue weighted by Crippen LogP contribution is -2.69. The highest BCUT2D eigenvalue weighted by Crippen LogP contribution is 2.26. The number of methoxy groups -OCH3 is 1. The number of ether oxygens (including phenoxy) is 3. The zero-order chi connectivity index (χ0) is 25.8. The maximum absolute atomic E-state index is 13.3. The van der Waals surface area contributed by atoms with Crippen LogP contribution in [0.25, 0.3) is 0 Å². The van der Waals surface area contributed by atoms with Crippen LogP contribution in [0.2, 0.25) is 0 Å². The summed E-state index contributed by atoms with van der Waals surface area (Å²) in [6, 6.07) is 13.0. The van der Waals surface area contributed by atoms with Crippen molar-refractivity contribution in [2.75, 3.05) is 13.7 Å². The second-order valence-electron chi connectivity index (χ2n) is 8.86. The molecule has 1 fully saturated rings. The Labute approximate surface area is 204 Å². The van der Waals surface area contributed by atoms with Crippen molar-refractivity contribution >= 4 is 27.8 Å². The van der Waals surface area contributed by atoms with Crippen molar-refractivity contribution in [3.8, 4) is 5.75 Å². The summed E-state index contributed by atoms with van der Waals surface area (Å²) < 4.78 is 42.2. The van der Waals surface area contributed by atoms with Gasteiger partial charge in [0.2, 0.25) is 21.1 Å². The zero-order valence-corrected chi connectivity index (χ0v) is 20.7. The second kappa shape index (κ2) is 10.3. The highest BCUT2D eigenvalue weighted by Gasteiger charge is 2.51. The summed E-state index contributed by atoms with van der Waals surface area (Å²) in [4.78, 5) is 38.6. The molecule has 1 aliphatic rings. The summed E-state index contributed by atoms with van der Waals surface area (Å²) in [6.07, 6.45) is -0.819. The Morgan fingerprint density at radius 2 is 1.71 bits per heavy atom. The SMILES string of the molecule is COc1ccc(COC(=O)C(N2C[C@H](NC(=O)OC(C)(C)C)C2=O)S(=O)(=O)c2ccccc2)cc1. The van der Waals surface area contributed by atoms with E-state index in [0.29, 0.717) is 11.3 Å². The van der Waals surface area contributed by atoms with Crippen LogP contribution in [0.5, 0.6) is 5.75 Å². The number of β-lactam (4-membered cyclic amide) rings is 1. The van der Waals surface area contributed by atoms with Gasteiger partial charge in [-0.2, -0.15) is 0 Å². The van der Waals surface area contributed by atoms with Crippen molar-refractivity contribution < 1.29 is 37.0 Å². The van der Waals surface area contributed by atoms with Gasteiger partial charge >= 0.3 is 12.1 Å². The van der Waals surface area contributed by atoms with Gasteiger partial charge in [-0.25, -0.2) is 18.0 Å². The molecule has 1 aliphatic heterocycles. The first-order chi connectivity index (χ1) is 16.4. The molecule has 2 atom stereocenters. The van der Waals surface area contributed by atoms with Crippen LogP contribution in [0.3, 0.4) is 0 Å². The lowest BCUT2D eigenvalue weighted by Gasteiger charge is -2.41. The highest BCUT2D eigenvalue weighted by molar-refractivity contribution is 7.92. The number of amides is 2. The molecule has 2 aromatic rings. The molecule has 0 spiro atoms. The molecule has 1 N–H and O–H groups in total. The van der Waals surface area contributed by atoms with Crippen LogP contribution < -0.4 is 10.1 Å².